The van der Waals surface area contributed by atoms with Gasteiger partial charge in [0.15, 0.2) is 0 Å². The fraction of sp³-hybridized carbons (Fsp3) is 0.750. The van der Waals surface area contributed by atoms with Crippen LogP contribution >= 0.6 is 0 Å². The Balaban J connectivity index is 2.01. The van der Waals surface area contributed by atoms with Crippen LogP contribution in [-0.2, 0) is 5.54 Å². The standard InChI is InChI=1S/C16H28N4O/c1-11(17-14(21)18-16(6)8-7-9-16)13-10-20(15(3,4)5)19-12(13)2/h10-11H,7-9H2,1-6H3,(H2,17,18,21)/t11-/m0/s1. The number of rotatable bonds is 3. The molecule has 5 nitrogen and oxygen atoms in total. The van der Waals surface area contributed by atoms with Crippen molar-refractivity contribution >= 4 is 6.03 Å². The van der Waals surface area contributed by atoms with Gasteiger partial charge in [-0.25, -0.2) is 4.79 Å². The van der Waals surface area contributed by atoms with E-state index in [1.54, 1.807) is 0 Å². The molecule has 2 N–H and O–H groups in total. The molecule has 1 aliphatic rings. The Hall–Kier alpha value is -1.52. The maximum absolute atomic E-state index is 12.1. The van der Waals surface area contributed by atoms with E-state index in [4.69, 9.17) is 0 Å². The summed E-state index contributed by atoms with van der Waals surface area (Å²) < 4.78 is 1.96. The molecule has 1 aromatic rings. The largest absolute Gasteiger partial charge is 0.333 e. The fourth-order valence-corrected chi connectivity index (χ4v) is 2.66. The first kappa shape index (κ1) is 15.9. The van der Waals surface area contributed by atoms with Gasteiger partial charge < -0.3 is 10.6 Å². The summed E-state index contributed by atoms with van der Waals surface area (Å²) in [5, 5.41) is 10.7. The molecule has 1 aliphatic carbocycles. The maximum atomic E-state index is 12.1. The molecule has 1 heterocycles. The molecule has 5 heteroatoms. The van der Waals surface area contributed by atoms with Crippen LogP contribution in [0.4, 0.5) is 4.79 Å². The smallest absolute Gasteiger partial charge is 0.315 e. The van der Waals surface area contributed by atoms with Crippen LogP contribution in [0, 0.1) is 6.92 Å². The van der Waals surface area contributed by atoms with Crippen molar-refractivity contribution in [2.24, 2.45) is 0 Å². The summed E-state index contributed by atoms with van der Waals surface area (Å²) in [5.74, 6) is 0. The van der Waals surface area contributed by atoms with E-state index >= 15 is 0 Å². The van der Waals surface area contributed by atoms with E-state index in [0.29, 0.717) is 0 Å². The minimum Gasteiger partial charge on any atom is -0.333 e. The van der Waals surface area contributed by atoms with Crippen molar-refractivity contribution in [1.82, 2.24) is 20.4 Å². The molecule has 0 spiro atoms. The number of aromatic nitrogens is 2. The van der Waals surface area contributed by atoms with Crippen molar-refractivity contribution in [2.45, 2.75) is 77.9 Å². The Morgan fingerprint density at radius 1 is 1.43 bits per heavy atom. The highest BCUT2D eigenvalue weighted by Crippen LogP contribution is 2.30. The van der Waals surface area contributed by atoms with Gasteiger partial charge in [0.05, 0.1) is 17.3 Å². The van der Waals surface area contributed by atoms with E-state index in [0.717, 1.165) is 24.1 Å². The molecule has 0 aromatic carbocycles. The number of carbonyl (C=O) groups is 1. The van der Waals surface area contributed by atoms with Crippen LogP contribution in [0.3, 0.4) is 0 Å². The Bertz CT molecular complexity index is 523. The molecule has 0 radical (unpaired) electrons. The van der Waals surface area contributed by atoms with E-state index < -0.39 is 0 Å². The van der Waals surface area contributed by atoms with E-state index in [1.807, 2.05) is 24.7 Å². The minimum absolute atomic E-state index is 0.0194. The van der Waals surface area contributed by atoms with Gasteiger partial charge in [-0.2, -0.15) is 5.10 Å². The lowest BCUT2D eigenvalue weighted by Gasteiger charge is -2.39. The fourth-order valence-electron chi connectivity index (χ4n) is 2.66. The maximum Gasteiger partial charge on any atom is 0.315 e. The molecule has 1 atom stereocenters. The van der Waals surface area contributed by atoms with Gasteiger partial charge in [-0.3, -0.25) is 4.68 Å². The van der Waals surface area contributed by atoms with E-state index in [9.17, 15) is 4.79 Å². The number of aryl methyl sites for hydroxylation is 1. The van der Waals surface area contributed by atoms with Crippen LogP contribution in [0.5, 0.6) is 0 Å². The third-order valence-electron chi connectivity index (χ3n) is 4.31. The lowest BCUT2D eigenvalue weighted by Crippen LogP contribution is -2.54. The summed E-state index contributed by atoms with van der Waals surface area (Å²) >= 11 is 0. The zero-order chi connectivity index (χ0) is 15.8. The number of amides is 2. The third-order valence-corrected chi connectivity index (χ3v) is 4.31. The number of urea groups is 1. The second-order valence-electron chi connectivity index (χ2n) is 7.52. The van der Waals surface area contributed by atoms with E-state index in [2.05, 4.69) is 43.4 Å². The second kappa shape index (κ2) is 5.35. The van der Waals surface area contributed by atoms with Crippen LogP contribution in [0.1, 0.15) is 71.2 Å². The average molecular weight is 292 g/mol. The number of nitrogens with one attached hydrogen (secondary N) is 2. The summed E-state index contributed by atoms with van der Waals surface area (Å²) in [6.07, 6.45) is 5.36. The molecule has 0 saturated heterocycles. The first-order valence-electron chi connectivity index (χ1n) is 7.76. The van der Waals surface area contributed by atoms with Gasteiger partial charge in [0.25, 0.3) is 0 Å². The molecular formula is C16H28N4O. The second-order valence-corrected chi connectivity index (χ2v) is 7.52. The predicted molar refractivity (Wildman–Crippen MR) is 84.3 cm³/mol. The van der Waals surface area contributed by atoms with E-state index in [1.165, 1.54) is 6.42 Å². The lowest BCUT2D eigenvalue weighted by atomic mass is 9.79. The average Bonchev–Trinajstić information content (AvgIpc) is 2.68. The molecule has 0 aliphatic heterocycles. The SMILES string of the molecule is Cc1nn(C(C)(C)C)cc1[C@H](C)NC(=O)NC1(C)CCC1. The van der Waals surface area contributed by atoms with Gasteiger partial charge in [0.2, 0.25) is 0 Å². The van der Waals surface area contributed by atoms with Crippen molar-refractivity contribution in [3.63, 3.8) is 0 Å². The van der Waals surface area contributed by atoms with Crippen LogP contribution in [-0.4, -0.2) is 21.4 Å². The quantitative estimate of drug-likeness (QED) is 0.898. The zero-order valence-corrected chi connectivity index (χ0v) is 14.1. The van der Waals surface area contributed by atoms with Gasteiger partial charge in [-0.15, -0.1) is 0 Å². The van der Waals surface area contributed by atoms with Crippen molar-refractivity contribution in [3.8, 4) is 0 Å². The highest BCUT2D eigenvalue weighted by atomic mass is 16.2. The highest BCUT2D eigenvalue weighted by molar-refractivity contribution is 5.75. The molecule has 1 saturated carbocycles. The van der Waals surface area contributed by atoms with Crippen LogP contribution in [0.25, 0.3) is 0 Å². The van der Waals surface area contributed by atoms with Crippen molar-refractivity contribution < 1.29 is 4.79 Å². The molecule has 21 heavy (non-hydrogen) atoms. The number of hydrogen-bond donors (Lipinski definition) is 2. The molecule has 1 aromatic heterocycles. The molecular weight excluding hydrogens is 264 g/mol. The summed E-state index contributed by atoms with van der Waals surface area (Å²) in [6.45, 7) is 12.4. The number of hydrogen-bond acceptors (Lipinski definition) is 2. The van der Waals surface area contributed by atoms with E-state index in [-0.39, 0.29) is 23.2 Å². The lowest BCUT2D eigenvalue weighted by molar-refractivity contribution is 0.189. The molecule has 2 amide bonds. The van der Waals surface area contributed by atoms with Crippen molar-refractivity contribution in [2.75, 3.05) is 0 Å². The Morgan fingerprint density at radius 2 is 2.05 bits per heavy atom. The van der Waals surface area contributed by atoms with Crippen LogP contribution < -0.4 is 10.6 Å². The van der Waals surface area contributed by atoms with Crippen LogP contribution in [0.2, 0.25) is 0 Å². The summed E-state index contributed by atoms with van der Waals surface area (Å²) in [5.41, 5.74) is 1.96. The molecule has 2 rings (SSSR count). The summed E-state index contributed by atoms with van der Waals surface area (Å²) in [4.78, 5) is 12.1. The summed E-state index contributed by atoms with van der Waals surface area (Å²) in [7, 11) is 0. The van der Waals surface area contributed by atoms with Crippen molar-refractivity contribution in [3.05, 3.63) is 17.5 Å². The molecule has 118 valence electrons. The van der Waals surface area contributed by atoms with Crippen molar-refractivity contribution in [1.29, 1.82) is 0 Å². The Kier molecular flexibility index (Phi) is 4.04. The predicted octanol–water partition coefficient (Wildman–Crippen LogP) is 3.25. The molecule has 0 bridgehead atoms. The first-order valence-corrected chi connectivity index (χ1v) is 7.76. The zero-order valence-electron chi connectivity index (χ0n) is 14.1. The Labute approximate surface area is 127 Å². The van der Waals surface area contributed by atoms with Gasteiger partial charge in [-0.05, 0) is 60.8 Å². The normalized spacial score (nSPS) is 18.8. The summed E-state index contributed by atoms with van der Waals surface area (Å²) in [6, 6.07) is -0.141. The van der Waals surface area contributed by atoms with Gasteiger partial charge in [0.1, 0.15) is 0 Å². The topological polar surface area (TPSA) is 59.0 Å². The van der Waals surface area contributed by atoms with Gasteiger partial charge >= 0.3 is 6.03 Å². The van der Waals surface area contributed by atoms with Crippen LogP contribution in [0.15, 0.2) is 6.20 Å². The van der Waals surface area contributed by atoms with Gasteiger partial charge in [0, 0.05) is 17.3 Å². The van der Waals surface area contributed by atoms with Gasteiger partial charge in [-0.1, -0.05) is 0 Å². The monoisotopic (exact) mass is 292 g/mol. The molecule has 1 fully saturated rings. The minimum atomic E-state index is -0.0902. The first-order chi connectivity index (χ1) is 9.61. The third kappa shape index (κ3) is 3.57. The Morgan fingerprint density at radius 3 is 2.48 bits per heavy atom. The highest BCUT2D eigenvalue weighted by Gasteiger charge is 2.33. The number of carbonyl (C=O) groups excluding carboxylic acids is 1. The number of nitrogens with zero attached hydrogens (tertiary/aromatic N) is 2. The molecule has 0 unspecified atom stereocenters.